The van der Waals surface area contributed by atoms with Crippen LogP contribution in [0.25, 0.3) is 0 Å². The lowest BCUT2D eigenvalue weighted by Gasteiger charge is -2.18. The molecule has 3 N–H and O–H groups in total. The molecule has 1 aliphatic rings. The molecule has 1 aromatic heterocycles. The summed E-state index contributed by atoms with van der Waals surface area (Å²) in [6.07, 6.45) is -0.719. The minimum atomic E-state index is -0.545. The molecule has 1 aliphatic heterocycles. The Bertz CT molecular complexity index is 508. The molecule has 0 unspecified atom stereocenters. The summed E-state index contributed by atoms with van der Waals surface area (Å²) in [5.74, 6) is 0. The van der Waals surface area contributed by atoms with Crippen molar-refractivity contribution in [3.63, 3.8) is 0 Å². The van der Waals surface area contributed by atoms with Gasteiger partial charge in [-0.2, -0.15) is 0 Å². The number of H-pyrrole nitrogens is 2. The normalized spacial score (nSPS) is 24.2. The summed E-state index contributed by atoms with van der Waals surface area (Å²) in [5, 5.41) is 9.89. The molecule has 0 aromatic carbocycles. The first-order valence-corrected chi connectivity index (χ1v) is 6.32. The Morgan fingerprint density at radius 1 is 1.42 bits per heavy atom. The first-order chi connectivity index (χ1) is 8.94. The second kappa shape index (κ2) is 5.68. The van der Waals surface area contributed by atoms with Gasteiger partial charge in [-0.1, -0.05) is 0 Å². The number of hydrogen-bond acceptors (Lipinski definition) is 5. The van der Waals surface area contributed by atoms with E-state index in [0.717, 1.165) is 0 Å². The van der Waals surface area contributed by atoms with Gasteiger partial charge in [0.15, 0.2) is 0 Å². The molecule has 1 saturated heterocycles. The highest BCUT2D eigenvalue weighted by molar-refractivity contribution is 5.00. The number of aliphatic hydroxyl groups excluding tert-OH is 1. The molecule has 106 valence electrons. The zero-order valence-electron chi connectivity index (χ0n) is 11.0. The van der Waals surface area contributed by atoms with Crippen LogP contribution in [0, 0.1) is 0 Å². The Morgan fingerprint density at radius 2 is 2.16 bits per heavy atom. The maximum absolute atomic E-state index is 11.2. The van der Waals surface area contributed by atoms with Gasteiger partial charge in [-0.3, -0.25) is 14.7 Å². The van der Waals surface area contributed by atoms with Crippen LogP contribution < -0.4 is 11.2 Å². The number of likely N-dealkylation sites (tertiary alicyclic amines) is 1. The molecule has 0 spiro atoms. The van der Waals surface area contributed by atoms with Crippen LogP contribution in [0.5, 0.6) is 0 Å². The summed E-state index contributed by atoms with van der Waals surface area (Å²) in [4.78, 5) is 29.0. The van der Waals surface area contributed by atoms with E-state index in [1.165, 1.54) is 6.07 Å². The Kier molecular flexibility index (Phi) is 4.18. The number of rotatable bonds is 4. The van der Waals surface area contributed by atoms with Crippen molar-refractivity contribution in [1.29, 1.82) is 0 Å². The number of β-amino-alcohol motifs (C(OH)–C–C–N with tert-alkyl or cyclic N) is 1. The predicted molar refractivity (Wildman–Crippen MR) is 69.0 cm³/mol. The van der Waals surface area contributed by atoms with Crippen molar-refractivity contribution in [2.24, 2.45) is 0 Å². The molecule has 7 nitrogen and oxygen atoms in total. The molecule has 0 aliphatic carbocycles. The molecule has 2 rings (SSSR count). The van der Waals surface area contributed by atoms with E-state index in [1.807, 2.05) is 18.7 Å². The zero-order valence-corrected chi connectivity index (χ0v) is 11.0. The third-order valence-electron chi connectivity index (χ3n) is 2.97. The number of nitrogens with one attached hydrogen (secondary N) is 2. The maximum atomic E-state index is 11.2. The zero-order chi connectivity index (χ0) is 14.0. The van der Waals surface area contributed by atoms with Crippen LogP contribution >= 0.6 is 0 Å². The lowest BCUT2D eigenvalue weighted by Crippen LogP contribution is -2.30. The summed E-state index contributed by atoms with van der Waals surface area (Å²) >= 11 is 0. The summed E-state index contributed by atoms with van der Waals surface area (Å²) in [5.41, 5.74) is -0.406. The van der Waals surface area contributed by atoms with E-state index in [9.17, 15) is 14.7 Å². The third kappa shape index (κ3) is 3.76. The molecule has 2 heterocycles. The van der Waals surface area contributed by atoms with Crippen LogP contribution in [0.15, 0.2) is 15.7 Å². The van der Waals surface area contributed by atoms with Gasteiger partial charge < -0.3 is 14.8 Å². The van der Waals surface area contributed by atoms with Crippen LogP contribution in [0.3, 0.4) is 0 Å². The first-order valence-electron chi connectivity index (χ1n) is 6.32. The van der Waals surface area contributed by atoms with Gasteiger partial charge in [-0.15, -0.1) is 0 Å². The fourth-order valence-electron chi connectivity index (χ4n) is 2.29. The predicted octanol–water partition coefficient (Wildman–Crippen LogP) is -0.967. The highest BCUT2D eigenvalue weighted by Gasteiger charge is 2.32. The second-order valence-electron chi connectivity index (χ2n) is 5.10. The fraction of sp³-hybridized carbons (Fsp3) is 0.667. The quantitative estimate of drug-likeness (QED) is 0.653. The number of nitrogens with zero attached hydrogens (tertiary/aromatic N) is 1. The number of hydrogen-bond donors (Lipinski definition) is 3. The molecule has 1 aromatic rings. The van der Waals surface area contributed by atoms with Crippen LogP contribution in [-0.2, 0) is 11.3 Å². The van der Waals surface area contributed by atoms with Crippen LogP contribution in [-0.4, -0.2) is 51.4 Å². The van der Waals surface area contributed by atoms with E-state index in [0.29, 0.717) is 25.3 Å². The lowest BCUT2D eigenvalue weighted by molar-refractivity contribution is -0.0396. The van der Waals surface area contributed by atoms with Crippen molar-refractivity contribution < 1.29 is 9.84 Å². The molecular weight excluding hydrogens is 250 g/mol. The molecule has 7 heteroatoms. The maximum Gasteiger partial charge on any atom is 0.325 e. The van der Waals surface area contributed by atoms with E-state index in [1.54, 1.807) is 0 Å². The summed E-state index contributed by atoms with van der Waals surface area (Å²) in [6, 6.07) is 1.35. The Labute approximate surface area is 110 Å². The fourth-order valence-corrected chi connectivity index (χ4v) is 2.29. The van der Waals surface area contributed by atoms with Gasteiger partial charge in [0.25, 0.3) is 5.56 Å². The Balaban J connectivity index is 2.01. The topological polar surface area (TPSA) is 98.4 Å². The van der Waals surface area contributed by atoms with Crippen LogP contribution in [0.1, 0.15) is 19.5 Å². The number of aromatic nitrogens is 2. The average Bonchev–Trinajstić information content (AvgIpc) is 2.56. The Morgan fingerprint density at radius 3 is 2.79 bits per heavy atom. The smallest absolute Gasteiger partial charge is 0.325 e. The molecule has 0 radical (unpaired) electrons. The standard InChI is InChI=1S/C12H19N3O4/c1-7(2)19-10-6-15(5-9(10)16)4-8-3-11(17)14-12(18)13-8/h3,7,9-10,16H,4-6H2,1-2H3,(H2,13,14,17,18)/t9-,10-/m0/s1. The molecule has 19 heavy (non-hydrogen) atoms. The van der Waals surface area contributed by atoms with Crippen molar-refractivity contribution in [2.75, 3.05) is 13.1 Å². The van der Waals surface area contributed by atoms with Crippen LogP contribution in [0.4, 0.5) is 0 Å². The highest BCUT2D eigenvalue weighted by atomic mass is 16.5. The number of ether oxygens (including phenoxy) is 1. The van der Waals surface area contributed by atoms with Crippen molar-refractivity contribution in [3.05, 3.63) is 32.6 Å². The SMILES string of the molecule is CC(C)O[C@H]1CN(Cc2cc(=O)[nH]c(=O)[nH]2)C[C@@H]1O. The monoisotopic (exact) mass is 269 g/mol. The molecule has 0 amide bonds. The van der Waals surface area contributed by atoms with Crippen molar-refractivity contribution in [2.45, 2.75) is 38.7 Å². The van der Waals surface area contributed by atoms with Gasteiger partial charge in [-0.05, 0) is 13.8 Å². The highest BCUT2D eigenvalue weighted by Crippen LogP contribution is 2.16. The number of aromatic amines is 2. The average molecular weight is 269 g/mol. The largest absolute Gasteiger partial charge is 0.389 e. The first kappa shape index (κ1) is 14.0. The third-order valence-corrected chi connectivity index (χ3v) is 2.97. The lowest BCUT2D eigenvalue weighted by atomic mass is 10.2. The van der Waals surface area contributed by atoms with Crippen molar-refractivity contribution in [3.8, 4) is 0 Å². The summed E-state index contributed by atoms with van der Waals surface area (Å²) in [7, 11) is 0. The van der Waals surface area contributed by atoms with Gasteiger partial charge in [0.05, 0.1) is 18.3 Å². The molecule has 2 atom stereocenters. The van der Waals surface area contributed by atoms with Gasteiger partial charge >= 0.3 is 5.69 Å². The van der Waals surface area contributed by atoms with Crippen LogP contribution in [0.2, 0.25) is 0 Å². The summed E-state index contributed by atoms with van der Waals surface area (Å²) < 4.78 is 5.61. The summed E-state index contributed by atoms with van der Waals surface area (Å²) in [6.45, 7) is 5.29. The van der Waals surface area contributed by atoms with Gasteiger partial charge in [0, 0.05) is 31.4 Å². The number of aliphatic hydroxyl groups is 1. The Hall–Kier alpha value is -1.44. The van der Waals surface area contributed by atoms with Gasteiger partial charge in [0.1, 0.15) is 0 Å². The van der Waals surface area contributed by atoms with Crippen molar-refractivity contribution in [1.82, 2.24) is 14.9 Å². The van der Waals surface area contributed by atoms with Gasteiger partial charge in [0.2, 0.25) is 0 Å². The van der Waals surface area contributed by atoms with E-state index >= 15 is 0 Å². The van der Waals surface area contributed by atoms with Crippen molar-refractivity contribution >= 4 is 0 Å². The van der Waals surface area contributed by atoms with E-state index in [2.05, 4.69) is 9.97 Å². The van der Waals surface area contributed by atoms with E-state index in [-0.39, 0.29) is 12.2 Å². The molecule has 1 fully saturated rings. The molecule has 0 bridgehead atoms. The molecule has 0 saturated carbocycles. The van der Waals surface area contributed by atoms with E-state index in [4.69, 9.17) is 4.74 Å². The minimum Gasteiger partial charge on any atom is -0.389 e. The van der Waals surface area contributed by atoms with Gasteiger partial charge in [-0.25, -0.2) is 4.79 Å². The minimum absolute atomic E-state index is 0.0546. The molecular formula is C12H19N3O4. The van der Waals surface area contributed by atoms with E-state index < -0.39 is 17.4 Å². The second-order valence-corrected chi connectivity index (χ2v) is 5.10.